The topological polar surface area (TPSA) is 35.5 Å². The SMILES string of the molecule is CC[Si](C)(OC)OCSC(C)=O. The van der Waals surface area contributed by atoms with Gasteiger partial charge < -0.3 is 8.85 Å². The van der Waals surface area contributed by atoms with Crippen molar-refractivity contribution in [2.45, 2.75) is 26.4 Å². The Labute approximate surface area is 79.1 Å². The van der Waals surface area contributed by atoms with Gasteiger partial charge in [0.1, 0.15) is 0 Å². The molecule has 72 valence electrons. The number of hydrogen-bond acceptors (Lipinski definition) is 4. The number of carbonyl (C=O) groups excluding carboxylic acids is 1. The van der Waals surface area contributed by atoms with Gasteiger partial charge in [0.25, 0.3) is 0 Å². The zero-order chi connectivity index (χ0) is 9.61. The van der Waals surface area contributed by atoms with Crippen LogP contribution in [-0.2, 0) is 13.6 Å². The van der Waals surface area contributed by atoms with Crippen LogP contribution in [0, 0.1) is 0 Å². The molecule has 0 heterocycles. The lowest BCUT2D eigenvalue weighted by molar-refractivity contribution is -0.109. The number of hydrogen-bond donors (Lipinski definition) is 0. The predicted octanol–water partition coefficient (Wildman–Crippen LogP) is 1.98. The standard InChI is InChI=1S/C7H16O3SSi/c1-5-12(4,9-3)10-6-11-7(2)8/h5-6H2,1-4H3. The summed E-state index contributed by atoms with van der Waals surface area (Å²) < 4.78 is 10.8. The maximum absolute atomic E-state index is 10.6. The van der Waals surface area contributed by atoms with Crippen LogP contribution in [0.4, 0.5) is 0 Å². The second kappa shape index (κ2) is 5.74. The zero-order valence-corrected chi connectivity index (χ0v) is 9.86. The van der Waals surface area contributed by atoms with E-state index in [4.69, 9.17) is 8.85 Å². The second-order valence-corrected chi connectivity index (χ2v) is 7.36. The fourth-order valence-electron chi connectivity index (χ4n) is 0.542. The molecule has 5 heteroatoms. The third-order valence-electron chi connectivity index (χ3n) is 1.70. The molecule has 0 rings (SSSR count). The highest BCUT2D eigenvalue weighted by Crippen LogP contribution is 2.14. The molecular weight excluding hydrogens is 192 g/mol. The smallest absolute Gasteiger partial charge is 0.335 e. The monoisotopic (exact) mass is 208 g/mol. The minimum absolute atomic E-state index is 0.0820. The molecule has 0 aliphatic heterocycles. The van der Waals surface area contributed by atoms with Crippen LogP contribution in [0.25, 0.3) is 0 Å². The van der Waals surface area contributed by atoms with Gasteiger partial charge in [-0.2, -0.15) is 0 Å². The molecule has 0 saturated carbocycles. The molecule has 0 saturated heterocycles. The Morgan fingerprint density at radius 2 is 2.17 bits per heavy atom. The van der Waals surface area contributed by atoms with E-state index in [0.29, 0.717) is 5.94 Å². The molecule has 0 aliphatic carbocycles. The van der Waals surface area contributed by atoms with E-state index in [1.54, 1.807) is 7.11 Å². The Morgan fingerprint density at radius 3 is 2.50 bits per heavy atom. The Kier molecular flexibility index (Phi) is 5.82. The first-order chi connectivity index (χ1) is 5.54. The maximum atomic E-state index is 10.6. The molecule has 0 aromatic carbocycles. The summed E-state index contributed by atoms with van der Waals surface area (Å²) in [7, 11) is -0.276. The van der Waals surface area contributed by atoms with Gasteiger partial charge in [-0.3, -0.25) is 4.79 Å². The summed E-state index contributed by atoms with van der Waals surface area (Å²) in [6, 6.07) is 0.905. The van der Waals surface area contributed by atoms with E-state index in [2.05, 4.69) is 0 Å². The van der Waals surface area contributed by atoms with Gasteiger partial charge in [-0.1, -0.05) is 18.7 Å². The minimum atomic E-state index is -1.94. The van der Waals surface area contributed by atoms with E-state index < -0.39 is 8.56 Å². The summed E-state index contributed by atoms with van der Waals surface area (Å²) in [5.74, 6) is 0.416. The van der Waals surface area contributed by atoms with Crippen LogP contribution in [0.2, 0.25) is 12.6 Å². The fraction of sp³-hybridized carbons (Fsp3) is 0.857. The van der Waals surface area contributed by atoms with E-state index in [0.717, 1.165) is 6.04 Å². The highest BCUT2D eigenvalue weighted by molar-refractivity contribution is 8.13. The fourth-order valence-corrected chi connectivity index (χ4v) is 2.55. The average Bonchev–Trinajstić information content (AvgIpc) is 2.03. The number of rotatable bonds is 5. The van der Waals surface area contributed by atoms with E-state index in [-0.39, 0.29) is 5.12 Å². The van der Waals surface area contributed by atoms with E-state index >= 15 is 0 Å². The van der Waals surface area contributed by atoms with Gasteiger partial charge >= 0.3 is 8.56 Å². The molecule has 12 heavy (non-hydrogen) atoms. The van der Waals surface area contributed by atoms with Crippen LogP contribution in [-0.4, -0.2) is 26.7 Å². The molecule has 1 atom stereocenters. The first-order valence-electron chi connectivity index (χ1n) is 3.86. The molecule has 3 nitrogen and oxygen atoms in total. The average molecular weight is 208 g/mol. The summed E-state index contributed by atoms with van der Waals surface area (Å²) in [4.78, 5) is 10.6. The lowest BCUT2D eigenvalue weighted by atomic mass is 10.9. The molecule has 0 aromatic rings. The van der Waals surface area contributed by atoms with E-state index in [1.807, 2.05) is 13.5 Å². The van der Waals surface area contributed by atoms with Gasteiger partial charge in [-0.15, -0.1) is 0 Å². The normalized spacial score (nSPS) is 15.7. The Bertz CT molecular complexity index is 148. The Hall–Kier alpha value is 0.157. The Balaban J connectivity index is 3.65. The summed E-state index contributed by atoms with van der Waals surface area (Å²) in [6.45, 7) is 5.56. The van der Waals surface area contributed by atoms with Crippen LogP contribution in [0.3, 0.4) is 0 Å². The van der Waals surface area contributed by atoms with E-state index in [1.165, 1.54) is 18.7 Å². The third-order valence-corrected chi connectivity index (χ3v) is 5.45. The van der Waals surface area contributed by atoms with Crippen molar-refractivity contribution in [2.75, 3.05) is 13.0 Å². The van der Waals surface area contributed by atoms with Crippen LogP contribution in [0.15, 0.2) is 0 Å². The second-order valence-electron chi connectivity index (χ2n) is 2.59. The minimum Gasteiger partial charge on any atom is -0.398 e. The van der Waals surface area contributed by atoms with Crippen molar-refractivity contribution in [3.8, 4) is 0 Å². The Morgan fingerprint density at radius 1 is 1.58 bits per heavy atom. The molecule has 0 amide bonds. The molecule has 0 aromatic heterocycles. The highest BCUT2D eigenvalue weighted by atomic mass is 32.2. The van der Waals surface area contributed by atoms with Crippen molar-refractivity contribution in [2.24, 2.45) is 0 Å². The lowest BCUT2D eigenvalue weighted by Gasteiger charge is -2.22. The summed E-state index contributed by atoms with van der Waals surface area (Å²) in [5, 5.41) is 0.0820. The van der Waals surface area contributed by atoms with Crippen molar-refractivity contribution < 1.29 is 13.6 Å². The van der Waals surface area contributed by atoms with Crippen molar-refractivity contribution in [1.29, 1.82) is 0 Å². The van der Waals surface area contributed by atoms with Gasteiger partial charge in [-0.25, -0.2) is 0 Å². The van der Waals surface area contributed by atoms with Gasteiger partial charge in [0.05, 0.1) is 5.94 Å². The van der Waals surface area contributed by atoms with Crippen molar-refractivity contribution >= 4 is 25.4 Å². The highest BCUT2D eigenvalue weighted by Gasteiger charge is 2.27. The van der Waals surface area contributed by atoms with Crippen molar-refractivity contribution in [3.05, 3.63) is 0 Å². The largest absolute Gasteiger partial charge is 0.398 e. The predicted molar refractivity (Wildman–Crippen MR) is 53.3 cm³/mol. The van der Waals surface area contributed by atoms with Gasteiger partial charge in [0, 0.05) is 14.0 Å². The van der Waals surface area contributed by atoms with E-state index in [9.17, 15) is 4.79 Å². The molecule has 0 radical (unpaired) electrons. The molecule has 0 N–H and O–H groups in total. The lowest BCUT2D eigenvalue weighted by Crippen LogP contribution is -2.36. The van der Waals surface area contributed by atoms with Crippen LogP contribution in [0.5, 0.6) is 0 Å². The van der Waals surface area contributed by atoms with Crippen LogP contribution >= 0.6 is 11.8 Å². The first kappa shape index (κ1) is 12.2. The summed E-state index contributed by atoms with van der Waals surface area (Å²) in [6.07, 6.45) is 0. The summed E-state index contributed by atoms with van der Waals surface area (Å²) in [5.41, 5.74) is 0. The molecule has 0 aliphatic rings. The molecule has 0 bridgehead atoms. The van der Waals surface area contributed by atoms with Gasteiger partial charge in [0.2, 0.25) is 0 Å². The maximum Gasteiger partial charge on any atom is 0.335 e. The molecule has 1 unspecified atom stereocenters. The van der Waals surface area contributed by atoms with Crippen LogP contribution < -0.4 is 0 Å². The number of carbonyl (C=O) groups is 1. The van der Waals surface area contributed by atoms with Gasteiger partial charge in [0.15, 0.2) is 5.12 Å². The molecule has 0 spiro atoms. The molecule has 0 fully saturated rings. The number of thioether (sulfide) groups is 1. The first-order valence-corrected chi connectivity index (χ1v) is 7.37. The molecular formula is C7H16O3SSi. The van der Waals surface area contributed by atoms with Gasteiger partial charge in [-0.05, 0) is 12.6 Å². The van der Waals surface area contributed by atoms with Crippen molar-refractivity contribution in [3.63, 3.8) is 0 Å². The van der Waals surface area contributed by atoms with Crippen LogP contribution in [0.1, 0.15) is 13.8 Å². The summed E-state index contributed by atoms with van der Waals surface area (Å²) >= 11 is 1.18. The quantitative estimate of drug-likeness (QED) is 0.511. The third kappa shape index (κ3) is 4.92. The zero-order valence-electron chi connectivity index (χ0n) is 8.05. The van der Waals surface area contributed by atoms with Crippen molar-refractivity contribution in [1.82, 2.24) is 0 Å².